The minimum atomic E-state index is -0.231. The third kappa shape index (κ3) is 5.58. The fourth-order valence-electron chi connectivity index (χ4n) is 3.60. The molecule has 1 aromatic carbocycles. The number of likely N-dealkylation sites (N-methyl/N-ethyl adjacent to an activating group) is 1. The first kappa shape index (κ1) is 22.9. The van der Waals surface area contributed by atoms with Gasteiger partial charge >= 0.3 is 0 Å². The molecule has 1 aliphatic heterocycles. The first-order valence-corrected chi connectivity index (χ1v) is 11.7. The fraction of sp³-hybridized carbons (Fsp3) is 0.280. The first-order valence-electron chi connectivity index (χ1n) is 10.8. The Balaban J connectivity index is 1.46. The number of aliphatic imine (C=N–C) groups is 1. The maximum Gasteiger partial charge on any atom is 0.258 e. The van der Waals surface area contributed by atoms with Gasteiger partial charge in [0.1, 0.15) is 11.6 Å². The number of thioether (sulfide) groups is 1. The van der Waals surface area contributed by atoms with E-state index in [9.17, 15) is 4.79 Å². The minimum Gasteiger partial charge on any atom is -0.354 e. The number of carbonyl (C=O) groups excluding carboxylic acids is 1. The number of nitrogens with one attached hydrogen (secondary N) is 1. The number of benzene rings is 1. The number of rotatable bonds is 5. The Morgan fingerprint density at radius 2 is 1.79 bits per heavy atom. The number of nitrogens with zero attached hydrogens (tertiary/aromatic N) is 5. The first-order chi connectivity index (χ1) is 15.9. The van der Waals surface area contributed by atoms with E-state index in [1.165, 1.54) is 0 Å². The highest BCUT2D eigenvalue weighted by atomic mass is 32.2. The van der Waals surface area contributed by atoms with Crippen LogP contribution in [0.15, 0.2) is 60.4 Å². The largest absolute Gasteiger partial charge is 0.354 e. The molecule has 1 fully saturated rings. The van der Waals surface area contributed by atoms with Crippen LogP contribution in [-0.2, 0) is 0 Å². The van der Waals surface area contributed by atoms with Gasteiger partial charge in [0.05, 0.1) is 10.6 Å². The van der Waals surface area contributed by atoms with Crippen molar-refractivity contribution < 1.29 is 4.79 Å². The molecule has 0 spiro atoms. The van der Waals surface area contributed by atoms with Gasteiger partial charge in [-0.25, -0.2) is 9.97 Å². The van der Waals surface area contributed by atoms with Crippen LogP contribution >= 0.6 is 11.8 Å². The van der Waals surface area contributed by atoms with Crippen LogP contribution in [0, 0.1) is 0 Å². The summed E-state index contributed by atoms with van der Waals surface area (Å²) in [6.07, 6.45) is 3.39. The van der Waals surface area contributed by atoms with Crippen LogP contribution in [0.3, 0.4) is 0 Å². The lowest BCUT2D eigenvalue weighted by atomic mass is 10.1. The van der Waals surface area contributed by atoms with Crippen molar-refractivity contribution in [2.45, 2.75) is 6.92 Å². The average Bonchev–Trinajstić information content (AvgIpc) is 2.84. The highest BCUT2D eigenvalue weighted by Crippen LogP contribution is 2.29. The second kappa shape index (κ2) is 10.1. The Bertz CT molecular complexity index is 1200. The zero-order valence-electron chi connectivity index (χ0n) is 19.2. The molecular formula is C25H28N6OS. The van der Waals surface area contributed by atoms with E-state index in [2.05, 4.69) is 49.8 Å². The van der Waals surface area contributed by atoms with Gasteiger partial charge in [-0.05, 0) is 49.2 Å². The molecule has 7 nitrogen and oxygen atoms in total. The Morgan fingerprint density at radius 3 is 2.48 bits per heavy atom. The van der Waals surface area contributed by atoms with Gasteiger partial charge in [-0.3, -0.25) is 9.79 Å². The second-order valence-electron chi connectivity index (χ2n) is 8.05. The summed E-state index contributed by atoms with van der Waals surface area (Å²) in [7, 11) is 3.89. The van der Waals surface area contributed by atoms with Crippen LogP contribution in [0.5, 0.6) is 0 Å². The lowest BCUT2D eigenvalue weighted by molar-refractivity contribution is 0.102. The van der Waals surface area contributed by atoms with Crippen LogP contribution in [-0.4, -0.2) is 66.1 Å². The summed E-state index contributed by atoms with van der Waals surface area (Å²) in [4.78, 5) is 31.3. The third-order valence-electron chi connectivity index (χ3n) is 5.71. The molecule has 4 rings (SSSR count). The summed E-state index contributed by atoms with van der Waals surface area (Å²) in [6.45, 7) is 10.0. The summed E-state index contributed by atoms with van der Waals surface area (Å²) in [5.74, 6) is 1.17. The van der Waals surface area contributed by atoms with Crippen molar-refractivity contribution in [3.63, 3.8) is 0 Å². The molecule has 3 heterocycles. The molecule has 0 saturated carbocycles. The summed E-state index contributed by atoms with van der Waals surface area (Å²) < 4.78 is 0. The summed E-state index contributed by atoms with van der Waals surface area (Å²) >= 11 is 1.54. The maximum absolute atomic E-state index is 12.8. The highest BCUT2D eigenvalue weighted by Gasteiger charge is 2.16. The van der Waals surface area contributed by atoms with E-state index in [1.807, 2.05) is 37.3 Å². The predicted octanol–water partition coefficient (Wildman–Crippen LogP) is 4.39. The number of carbonyl (C=O) groups is 1. The van der Waals surface area contributed by atoms with Gasteiger partial charge in [-0.2, -0.15) is 0 Å². The molecule has 0 radical (unpaired) electrons. The number of aromatic nitrogens is 2. The summed E-state index contributed by atoms with van der Waals surface area (Å²) in [5, 5.41) is 5.82. The van der Waals surface area contributed by atoms with Gasteiger partial charge in [0.15, 0.2) is 0 Å². The molecular weight excluding hydrogens is 432 g/mol. The lowest BCUT2D eigenvalue weighted by Crippen LogP contribution is -2.44. The van der Waals surface area contributed by atoms with E-state index in [0.717, 1.165) is 58.3 Å². The molecule has 1 amide bonds. The van der Waals surface area contributed by atoms with Gasteiger partial charge < -0.3 is 15.1 Å². The normalized spacial score (nSPS) is 15.0. The Hall–Kier alpha value is -3.23. The maximum atomic E-state index is 12.8. The van der Waals surface area contributed by atoms with Crippen molar-refractivity contribution in [1.29, 1.82) is 0 Å². The summed E-state index contributed by atoms with van der Waals surface area (Å²) in [6, 6.07) is 11.7. The van der Waals surface area contributed by atoms with E-state index in [-0.39, 0.29) is 5.91 Å². The Labute approximate surface area is 198 Å². The molecule has 3 aromatic rings. The van der Waals surface area contributed by atoms with Crippen molar-refractivity contribution in [2.24, 2.45) is 4.99 Å². The molecule has 170 valence electrons. The number of anilines is 2. The van der Waals surface area contributed by atoms with Crippen molar-refractivity contribution in [3.8, 4) is 0 Å². The molecule has 33 heavy (non-hydrogen) atoms. The van der Waals surface area contributed by atoms with Gasteiger partial charge in [0, 0.05) is 55.9 Å². The van der Waals surface area contributed by atoms with Crippen molar-refractivity contribution in [3.05, 3.63) is 66.5 Å². The smallest absolute Gasteiger partial charge is 0.258 e. The predicted molar refractivity (Wildman–Crippen MR) is 139 cm³/mol. The van der Waals surface area contributed by atoms with E-state index in [1.54, 1.807) is 31.2 Å². The average molecular weight is 461 g/mol. The van der Waals surface area contributed by atoms with Gasteiger partial charge in [0.25, 0.3) is 5.91 Å². The Morgan fingerprint density at radius 1 is 1.03 bits per heavy atom. The highest BCUT2D eigenvalue weighted by molar-refractivity contribution is 8.21. The van der Waals surface area contributed by atoms with Crippen LogP contribution in [0.2, 0.25) is 0 Å². The minimum absolute atomic E-state index is 0.231. The van der Waals surface area contributed by atoms with Gasteiger partial charge in [-0.15, -0.1) is 0 Å². The van der Waals surface area contributed by atoms with Crippen LogP contribution in [0.1, 0.15) is 22.8 Å². The number of hydrogen-bond donors (Lipinski definition) is 1. The number of hydrogen-bond acceptors (Lipinski definition) is 7. The zero-order valence-corrected chi connectivity index (χ0v) is 20.0. The number of piperazine rings is 1. The monoisotopic (exact) mass is 460 g/mol. The summed E-state index contributed by atoms with van der Waals surface area (Å²) in [5.41, 5.74) is 1.52. The van der Waals surface area contributed by atoms with Crippen molar-refractivity contribution in [2.75, 3.05) is 50.5 Å². The van der Waals surface area contributed by atoms with Crippen LogP contribution in [0.25, 0.3) is 15.7 Å². The van der Waals surface area contributed by atoms with Crippen LogP contribution < -0.4 is 10.2 Å². The lowest BCUT2D eigenvalue weighted by Gasteiger charge is -2.33. The van der Waals surface area contributed by atoms with Crippen molar-refractivity contribution >= 4 is 50.0 Å². The standard InChI is InChI=1S/C25H28N6OS/c1-17(33-18(2)26-3)19-5-6-20-15-27-23(14-22(20)13-19)29-25(32)21-7-8-24(28-16-21)31-11-9-30(4)10-12-31/h5-8,13-16H,1,9-12H2,2-4H3,(H,27,29,32)/b26-18-. The SMILES string of the molecule is C=C(S/C(C)=N\C)c1ccc2cnc(NC(=O)c3ccc(N4CCN(C)CC4)nc3)cc2c1. The molecule has 8 heteroatoms. The second-order valence-corrected chi connectivity index (χ2v) is 9.34. The molecule has 0 unspecified atom stereocenters. The fourth-order valence-corrected chi connectivity index (χ4v) is 4.29. The molecule has 1 aliphatic rings. The van der Waals surface area contributed by atoms with E-state index >= 15 is 0 Å². The van der Waals surface area contributed by atoms with E-state index in [4.69, 9.17) is 0 Å². The van der Waals surface area contributed by atoms with Crippen LogP contribution in [0.4, 0.5) is 11.6 Å². The van der Waals surface area contributed by atoms with Gasteiger partial charge in [-0.1, -0.05) is 30.5 Å². The molecule has 1 saturated heterocycles. The third-order valence-corrected chi connectivity index (χ3v) is 6.67. The molecule has 0 bridgehead atoms. The molecule has 1 N–H and O–H groups in total. The number of fused-ring (bicyclic) bond motifs is 1. The zero-order chi connectivity index (χ0) is 23.4. The Kier molecular flexibility index (Phi) is 7.05. The van der Waals surface area contributed by atoms with E-state index < -0.39 is 0 Å². The topological polar surface area (TPSA) is 73.7 Å². The van der Waals surface area contributed by atoms with E-state index in [0.29, 0.717) is 11.4 Å². The number of pyridine rings is 2. The molecule has 0 atom stereocenters. The quantitative estimate of drug-likeness (QED) is 0.450. The molecule has 2 aromatic heterocycles. The molecule has 0 aliphatic carbocycles. The van der Waals surface area contributed by atoms with Crippen molar-refractivity contribution in [1.82, 2.24) is 14.9 Å². The number of amides is 1. The van der Waals surface area contributed by atoms with Gasteiger partial charge in [0.2, 0.25) is 0 Å².